The van der Waals surface area contributed by atoms with Crippen LogP contribution in [0.1, 0.15) is 180 Å². The van der Waals surface area contributed by atoms with E-state index in [-0.39, 0.29) is 1010 Å². The molecule has 0 amide bonds. The van der Waals surface area contributed by atoms with E-state index in [0.717, 1.165) is 34.2 Å². The van der Waals surface area contributed by atoms with E-state index >= 15 is 0 Å². The average molecular weight is 4140 g/mol. The van der Waals surface area contributed by atoms with Crippen molar-refractivity contribution in [3.63, 3.8) is 0 Å². The number of aryl methyl sites for hydroxylation is 10. The molecule has 13 aromatic rings. The zero-order valence-electron chi connectivity index (χ0n) is 87.8. The maximum absolute atomic E-state index is 4.59. The largest absolute Gasteiger partial charge is 0.333 e. The summed E-state index contributed by atoms with van der Waals surface area (Å²) in [7, 11) is 4.12. The van der Waals surface area contributed by atoms with E-state index < -0.39 is 0 Å². The number of hydrogen-bond acceptors (Lipinski definition) is 4. The minimum atomic E-state index is 0. The number of benzene rings is 13. The molecule has 31 radical (unpaired) electrons. The number of aliphatic imine (C=N–C) groups is 2. The second kappa shape index (κ2) is 156. The van der Waals surface area contributed by atoms with Crippen molar-refractivity contribution in [2.24, 2.45) is 9.98 Å². The molecule has 13 aromatic carbocycles. The van der Waals surface area contributed by atoms with Crippen LogP contribution in [0.15, 0.2) is 253 Å². The van der Waals surface area contributed by atoms with Gasteiger partial charge in [-0.15, -0.1) is 17.2 Å². The third kappa shape index (κ3) is 93.6. The van der Waals surface area contributed by atoms with Crippen LogP contribution in [0.4, 0.5) is 22.7 Å². The standard InChI is InChI=1S/C14H12.2C13H12N2.3C12H12.C8H10.8C2H6.31Y/c1-11-8-9-14(10-12(11)2)13-6-4-3-5-7-13;2*1-9-14-11-7-3-5-10-6-4-8-12(13(10)11)15(9)2;1-9-7-11-5-3-4-6-12(11)8-10(9)2;2*1-9-7-8-11-5-3-4-6-12(11)10(9)2;1-7-5-3-4-6-8(7)2;8*1-2;;;;;;;;;;;;;;;;;;;;;;;;;;;;;;;/h3-6,8,10H,1-2H3;2*3-8H,1-2H3;3*3-8H,1-2H3;3-6H,1-2H3;8*1-2H3;;;;;;;;;;;;;;;;;;;;;;;;;;;;;;;/q-2;;;;;;;;;;;;;;;;;;;;;;;;;;;;;;;;;;;;;;;;;;;;;. The van der Waals surface area contributed by atoms with Crippen LogP contribution in [0.25, 0.3) is 65.0 Å². The Morgan fingerprint density at radius 2 is 0.452 bits per heavy atom. The van der Waals surface area contributed by atoms with Crippen LogP contribution in [-0.4, -0.2) is 25.8 Å². The maximum atomic E-state index is 4.59. The molecule has 0 fully saturated rings. The number of anilines is 2. The number of nitrogens with zero attached hydrogens (tertiary/aromatic N) is 4. The molecule has 2 aliphatic rings. The molecule has 0 saturated heterocycles. The van der Waals surface area contributed by atoms with Crippen molar-refractivity contribution in [3.05, 3.63) is 310 Å². The molecule has 0 saturated carbocycles. The normalized spacial score (nSPS) is 7.93. The molecular formula is C100H130N4Y31-2. The Morgan fingerprint density at radius 1 is 0.200 bits per heavy atom. The third-order valence-corrected chi connectivity index (χ3v) is 17.1. The summed E-state index contributed by atoms with van der Waals surface area (Å²) in [4.78, 5) is 13.4. The van der Waals surface area contributed by atoms with Gasteiger partial charge in [0.15, 0.2) is 0 Å². The fourth-order valence-corrected chi connectivity index (χ4v) is 10.8. The number of hydrogen-bond donors (Lipinski definition) is 0. The molecule has 4 nitrogen and oxygen atoms in total. The molecule has 0 aliphatic carbocycles. The summed E-state index contributed by atoms with van der Waals surface area (Å²) < 4.78 is 0. The minimum Gasteiger partial charge on any atom is -0.333 e. The Morgan fingerprint density at radius 3 is 0.726 bits per heavy atom. The summed E-state index contributed by atoms with van der Waals surface area (Å²) in [5.74, 6) is 2.09. The van der Waals surface area contributed by atoms with Gasteiger partial charge in [0.25, 0.3) is 0 Å². The van der Waals surface area contributed by atoms with Gasteiger partial charge >= 0.3 is 0 Å². The first kappa shape index (κ1) is 243. The predicted octanol–water partition coefficient (Wildman–Crippen LogP) is 31.1. The Hall–Kier alpha value is 24.3. The summed E-state index contributed by atoms with van der Waals surface area (Å²) in [6.45, 7) is 57.5. The molecule has 0 aromatic heterocycles. The summed E-state index contributed by atoms with van der Waals surface area (Å²) >= 11 is 0. The van der Waals surface area contributed by atoms with Crippen molar-refractivity contribution in [2.75, 3.05) is 23.9 Å². The SMILES string of the molecule is CC.CC.CC.CC.CC.CC.CC.CC.CC1=Nc2cccc3cccc(c23)N1C.CC1=Nc2cccc3cccc(c23)N1C.Cc1c[c-]c(-c2[c-]cccc2)cc1C.Cc1cc2ccccc2cc1C.Cc1ccc2ccccc2c1C.Cc1ccc2ccccc2c1C.Cc1ccccc1C.[Y].[Y].[Y].[Y].[Y].[Y].[Y].[Y].[Y].[Y].[Y].[Y].[Y].[Y].[Y].[Y].[Y].[Y].[Y].[Y].[Y].[Y].[Y].[Y].[Y].[Y].[Y].[Y].[Y].[Y].[Y]. The van der Waals surface area contributed by atoms with Gasteiger partial charge in [0.05, 0.1) is 22.7 Å². The topological polar surface area (TPSA) is 31.2 Å². The first-order valence-electron chi connectivity index (χ1n) is 38.4. The van der Waals surface area contributed by atoms with Gasteiger partial charge in [-0.3, -0.25) is 0 Å². The van der Waals surface area contributed by atoms with Gasteiger partial charge in [0.1, 0.15) is 11.7 Å². The number of fused-ring (bicyclic) bond motifs is 3. The Labute approximate surface area is 1610 Å². The zero-order valence-corrected chi connectivity index (χ0v) is 176. The Kier molecular flexibility index (Phi) is 281. The molecular weight excluding hydrogens is 4010 g/mol. The van der Waals surface area contributed by atoms with E-state index in [1.165, 1.54) is 121 Å². The van der Waals surface area contributed by atoms with Crippen LogP contribution < -0.4 is 9.80 Å². The minimum absolute atomic E-state index is 0. The molecule has 0 atom stereocenters. The quantitative estimate of drug-likeness (QED) is 0.153. The van der Waals surface area contributed by atoms with Gasteiger partial charge in [-0.25, -0.2) is 21.1 Å². The maximum Gasteiger partial charge on any atom is 0.106 e. The van der Waals surface area contributed by atoms with E-state index in [9.17, 15) is 0 Å². The van der Waals surface area contributed by atoms with Gasteiger partial charge in [-0.05, 0) is 181 Å². The van der Waals surface area contributed by atoms with Crippen LogP contribution >= 0.6 is 0 Å². The average Bonchev–Trinajstić information content (AvgIpc) is 0.770. The van der Waals surface area contributed by atoms with Crippen molar-refractivity contribution < 1.29 is 1010 Å². The van der Waals surface area contributed by atoms with Gasteiger partial charge in [-0.2, -0.15) is 42.5 Å². The molecule has 0 spiro atoms. The molecule has 0 unspecified atom stereocenters. The van der Waals surface area contributed by atoms with Crippen molar-refractivity contribution in [2.45, 2.75) is 194 Å². The molecule has 0 N–H and O–H groups in total. The second-order valence-electron chi connectivity index (χ2n) is 23.1. The van der Waals surface area contributed by atoms with E-state index in [1.54, 1.807) is 0 Å². The Balaban J connectivity index is -0.0000000304. The molecule has 2 heterocycles. The monoisotopic (exact) mass is 4140 g/mol. The summed E-state index contributed by atoms with van der Waals surface area (Å²) in [5.41, 5.74) is 20.5. The van der Waals surface area contributed by atoms with Crippen molar-refractivity contribution in [1.29, 1.82) is 0 Å². The smallest absolute Gasteiger partial charge is 0.106 e. The second-order valence-corrected chi connectivity index (χ2v) is 23.1. The van der Waals surface area contributed by atoms with Crippen LogP contribution in [-0.2, 0) is 1010 Å². The molecule has 135 heavy (non-hydrogen) atoms. The van der Waals surface area contributed by atoms with Crippen LogP contribution in [0, 0.1) is 81.4 Å². The fourth-order valence-electron chi connectivity index (χ4n) is 10.8. The van der Waals surface area contributed by atoms with Crippen molar-refractivity contribution in [1.82, 2.24) is 0 Å². The van der Waals surface area contributed by atoms with Gasteiger partial charge < -0.3 is 9.80 Å². The fraction of sp³-hybridized carbons (Fsp3) is 0.300. The molecule has 2 aliphatic heterocycles. The van der Waals surface area contributed by atoms with Crippen molar-refractivity contribution in [3.8, 4) is 11.1 Å². The van der Waals surface area contributed by atoms with Gasteiger partial charge in [0.2, 0.25) is 0 Å². The van der Waals surface area contributed by atoms with E-state index in [1.807, 2.05) is 149 Å². The van der Waals surface area contributed by atoms with E-state index in [0.29, 0.717) is 0 Å². The molecule has 35 heteroatoms. The molecule has 15 rings (SSSR count). The zero-order chi connectivity index (χ0) is 78.4. The predicted molar refractivity (Wildman–Crippen MR) is 476 cm³/mol. The van der Waals surface area contributed by atoms with Gasteiger partial charge in [0, 0.05) is 1040 Å². The van der Waals surface area contributed by atoms with Crippen molar-refractivity contribution >= 4 is 88.3 Å². The van der Waals surface area contributed by atoms with Crippen LogP contribution in [0.2, 0.25) is 0 Å². The van der Waals surface area contributed by atoms with E-state index in [2.05, 4.69) is 334 Å². The summed E-state index contributed by atoms with van der Waals surface area (Å²) in [6.07, 6.45) is 0. The van der Waals surface area contributed by atoms with Crippen LogP contribution in [0.3, 0.4) is 0 Å². The molecule has 0 bridgehead atoms. The first-order valence-corrected chi connectivity index (χ1v) is 38.4. The number of rotatable bonds is 1. The van der Waals surface area contributed by atoms with Crippen LogP contribution in [0.5, 0.6) is 0 Å². The molecule has 645 valence electrons. The summed E-state index contributed by atoms with van der Waals surface area (Å²) in [6, 6.07) is 90.9. The number of amidine groups is 2. The third-order valence-electron chi connectivity index (χ3n) is 17.1. The first-order chi connectivity index (χ1) is 50.5. The van der Waals surface area contributed by atoms with E-state index in [4.69, 9.17) is 0 Å². The van der Waals surface area contributed by atoms with Gasteiger partial charge in [-0.1, -0.05) is 307 Å². The summed E-state index contributed by atoms with van der Waals surface area (Å²) in [5, 5.41) is 13.1. The Bertz CT molecular complexity index is 4460.